The Morgan fingerprint density at radius 1 is 1.58 bits per heavy atom. The SMILES string of the molecule is C[C@H]1C[C@H]1C(=O)N(C)Cc1cc([N+](=O)[O-])ccc1Cl. The second-order valence-corrected chi connectivity index (χ2v) is 5.45. The number of hydrogen-bond acceptors (Lipinski definition) is 3. The lowest BCUT2D eigenvalue weighted by Crippen LogP contribution is -2.28. The van der Waals surface area contributed by atoms with Crippen LogP contribution in [0, 0.1) is 22.0 Å². The molecule has 1 fully saturated rings. The summed E-state index contributed by atoms with van der Waals surface area (Å²) in [5, 5.41) is 11.2. The van der Waals surface area contributed by atoms with E-state index >= 15 is 0 Å². The molecule has 1 aromatic carbocycles. The van der Waals surface area contributed by atoms with Gasteiger partial charge in [-0.25, -0.2) is 0 Å². The smallest absolute Gasteiger partial charge is 0.269 e. The number of halogens is 1. The van der Waals surface area contributed by atoms with Crippen LogP contribution in [-0.4, -0.2) is 22.8 Å². The summed E-state index contributed by atoms with van der Waals surface area (Å²) >= 11 is 6.01. The van der Waals surface area contributed by atoms with Crippen molar-refractivity contribution in [1.82, 2.24) is 4.90 Å². The first kappa shape index (κ1) is 13.8. The van der Waals surface area contributed by atoms with Gasteiger partial charge in [-0.05, 0) is 24.0 Å². The fourth-order valence-electron chi connectivity index (χ4n) is 2.08. The van der Waals surface area contributed by atoms with Crippen LogP contribution in [0.15, 0.2) is 18.2 Å². The van der Waals surface area contributed by atoms with Gasteiger partial charge in [0.1, 0.15) is 0 Å². The molecule has 0 saturated heterocycles. The van der Waals surface area contributed by atoms with E-state index in [1.807, 2.05) is 6.92 Å². The molecular formula is C13H15ClN2O3. The molecule has 19 heavy (non-hydrogen) atoms. The van der Waals surface area contributed by atoms with Crippen molar-refractivity contribution in [3.63, 3.8) is 0 Å². The summed E-state index contributed by atoms with van der Waals surface area (Å²) in [5.41, 5.74) is 0.583. The fraction of sp³-hybridized carbons (Fsp3) is 0.462. The van der Waals surface area contributed by atoms with Gasteiger partial charge in [-0.2, -0.15) is 0 Å². The highest BCUT2D eigenvalue weighted by molar-refractivity contribution is 6.31. The van der Waals surface area contributed by atoms with Gasteiger partial charge in [0.25, 0.3) is 5.69 Å². The van der Waals surface area contributed by atoms with Gasteiger partial charge in [-0.15, -0.1) is 0 Å². The molecule has 0 aromatic heterocycles. The van der Waals surface area contributed by atoms with Crippen LogP contribution in [0.4, 0.5) is 5.69 Å². The number of non-ortho nitro benzene ring substituents is 1. The van der Waals surface area contributed by atoms with Gasteiger partial charge in [-0.1, -0.05) is 18.5 Å². The Kier molecular flexibility index (Phi) is 3.75. The second-order valence-electron chi connectivity index (χ2n) is 5.05. The van der Waals surface area contributed by atoms with E-state index in [9.17, 15) is 14.9 Å². The lowest BCUT2D eigenvalue weighted by Gasteiger charge is -2.18. The summed E-state index contributed by atoms with van der Waals surface area (Å²) in [6.07, 6.45) is 0.922. The van der Waals surface area contributed by atoms with E-state index < -0.39 is 4.92 Å². The molecule has 1 saturated carbocycles. The third-order valence-electron chi connectivity index (χ3n) is 3.45. The Morgan fingerprint density at radius 3 is 2.74 bits per heavy atom. The Labute approximate surface area is 116 Å². The van der Waals surface area contributed by atoms with E-state index in [-0.39, 0.29) is 17.5 Å². The van der Waals surface area contributed by atoms with E-state index in [0.717, 1.165) is 6.42 Å². The third kappa shape index (κ3) is 3.04. The zero-order valence-electron chi connectivity index (χ0n) is 10.8. The molecule has 1 aliphatic rings. The number of nitro benzene ring substituents is 1. The topological polar surface area (TPSA) is 63.5 Å². The summed E-state index contributed by atoms with van der Waals surface area (Å²) < 4.78 is 0. The number of rotatable bonds is 4. The van der Waals surface area contributed by atoms with Crippen molar-refractivity contribution in [2.45, 2.75) is 19.9 Å². The van der Waals surface area contributed by atoms with Crippen molar-refractivity contribution in [1.29, 1.82) is 0 Å². The van der Waals surface area contributed by atoms with E-state index in [0.29, 0.717) is 23.0 Å². The number of benzene rings is 1. The zero-order chi connectivity index (χ0) is 14.2. The molecule has 0 heterocycles. The largest absolute Gasteiger partial charge is 0.341 e. The van der Waals surface area contributed by atoms with Gasteiger partial charge >= 0.3 is 0 Å². The maximum atomic E-state index is 12.0. The van der Waals surface area contributed by atoms with Crippen molar-refractivity contribution >= 4 is 23.2 Å². The predicted molar refractivity (Wildman–Crippen MR) is 71.9 cm³/mol. The molecular weight excluding hydrogens is 268 g/mol. The first-order valence-corrected chi connectivity index (χ1v) is 6.45. The molecule has 1 aliphatic carbocycles. The monoisotopic (exact) mass is 282 g/mol. The molecule has 0 unspecified atom stereocenters. The second kappa shape index (κ2) is 5.17. The number of hydrogen-bond donors (Lipinski definition) is 0. The average molecular weight is 283 g/mol. The lowest BCUT2D eigenvalue weighted by molar-refractivity contribution is -0.384. The molecule has 0 radical (unpaired) electrons. The number of carbonyl (C=O) groups is 1. The predicted octanol–water partition coefficient (Wildman–Crippen LogP) is 2.86. The van der Waals surface area contributed by atoms with Crippen LogP contribution in [0.25, 0.3) is 0 Å². The van der Waals surface area contributed by atoms with Crippen molar-refractivity contribution in [2.24, 2.45) is 11.8 Å². The van der Waals surface area contributed by atoms with Gasteiger partial charge in [0.2, 0.25) is 5.91 Å². The van der Waals surface area contributed by atoms with Crippen molar-refractivity contribution in [2.75, 3.05) is 7.05 Å². The summed E-state index contributed by atoms with van der Waals surface area (Å²) in [4.78, 5) is 23.8. The molecule has 6 heteroatoms. The maximum Gasteiger partial charge on any atom is 0.269 e. The van der Waals surface area contributed by atoms with E-state index in [1.165, 1.54) is 18.2 Å². The first-order chi connectivity index (χ1) is 8.90. The Balaban J connectivity index is 2.11. The van der Waals surface area contributed by atoms with Gasteiger partial charge in [0.05, 0.1) is 4.92 Å². The molecule has 2 rings (SSSR count). The minimum atomic E-state index is -0.468. The van der Waals surface area contributed by atoms with Crippen LogP contribution >= 0.6 is 11.6 Å². The van der Waals surface area contributed by atoms with Crippen molar-refractivity contribution in [3.8, 4) is 0 Å². The highest BCUT2D eigenvalue weighted by Crippen LogP contribution is 2.39. The molecule has 0 aliphatic heterocycles. The Morgan fingerprint density at radius 2 is 2.21 bits per heavy atom. The standard InChI is InChI=1S/C13H15ClN2O3/c1-8-5-11(8)13(17)15(2)7-9-6-10(16(18)19)3-4-12(9)14/h3-4,6,8,11H,5,7H2,1-2H3/t8-,11+/m0/s1. The molecule has 0 spiro atoms. The molecule has 5 nitrogen and oxygen atoms in total. The number of amides is 1. The zero-order valence-corrected chi connectivity index (χ0v) is 11.6. The maximum absolute atomic E-state index is 12.0. The molecule has 1 aromatic rings. The van der Waals surface area contributed by atoms with Crippen LogP contribution < -0.4 is 0 Å². The van der Waals surface area contributed by atoms with E-state index in [2.05, 4.69) is 0 Å². The van der Waals surface area contributed by atoms with Crippen LogP contribution in [0.3, 0.4) is 0 Å². The highest BCUT2D eigenvalue weighted by atomic mass is 35.5. The quantitative estimate of drug-likeness (QED) is 0.630. The number of carbonyl (C=O) groups excluding carboxylic acids is 1. The number of nitrogens with zero attached hydrogens (tertiary/aromatic N) is 2. The minimum absolute atomic E-state index is 0.0139. The Bertz CT molecular complexity index is 533. The van der Waals surface area contributed by atoms with Crippen LogP contribution in [0.5, 0.6) is 0 Å². The van der Waals surface area contributed by atoms with Crippen LogP contribution in [0.2, 0.25) is 5.02 Å². The molecule has 102 valence electrons. The van der Waals surface area contributed by atoms with Gasteiger partial charge in [0.15, 0.2) is 0 Å². The first-order valence-electron chi connectivity index (χ1n) is 6.08. The lowest BCUT2D eigenvalue weighted by atomic mass is 10.2. The highest BCUT2D eigenvalue weighted by Gasteiger charge is 2.40. The molecule has 0 N–H and O–H groups in total. The number of nitro groups is 1. The third-order valence-corrected chi connectivity index (χ3v) is 3.82. The summed E-state index contributed by atoms with van der Waals surface area (Å²) in [6, 6.07) is 4.27. The van der Waals surface area contributed by atoms with Crippen molar-refractivity contribution in [3.05, 3.63) is 38.9 Å². The summed E-state index contributed by atoms with van der Waals surface area (Å²) in [6.45, 7) is 2.33. The van der Waals surface area contributed by atoms with Gasteiger partial charge in [-0.3, -0.25) is 14.9 Å². The van der Waals surface area contributed by atoms with Crippen LogP contribution in [0.1, 0.15) is 18.9 Å². The molecule has 1 amide bonds. The van der Waals surface area contributed by atoms with Crippen molar-refractivity contribution < 1.29 is 9.72 Å². The normalized spacial score (nSPS) is 21.0. The molecule has 0 bridgehead atoms. The average Bonchev–Trinajstić information content (AvgIpc) is 3.07. The Hall–Kier alpha value is -1.62. The molecule has 2 atom stereocenters. The van der Waals surface area contributed by atoms with Gasteiger partial charge in [0, 0.05) is 36.7 Å². The van der Waals surface area contributed by atoms with Crippen LogP contribution in [-0.2, 0) is 11.3 Å². The summed E-state index contributed by atoms with van der Waals surface area (Å²) in [7, 11) is 1.70. The fourth-order valence-corrected chi connectivity index (χ4v) is 2.26. The van der Waals surface area contributed by atoms with E-state index in [1.54, 1.807) is 11.9 Å². The van der Waals surface area contributed by atoms with E-state index in [4.69, 9.17) is 11.6 Å². The van der Waals surface area contributed by atoms with Gasteiger partial charge < -0.3 is 4.90 Å². The summed E-state index contributed by atoms with van der Waals surface area (Å²) in [5.74, 6) is 0.619. The minimum Gasteiger partial charge on any atom is -0.341 e.